The van der Waals surface area contributed by atoms with Crippen molar-refractivity contribution in [1.29, 1.82) is 0 Å². The first-order valence-electron chi connectivity index (χ1n) is 4.97. The van der Waals surface area contributed by atoms with Crippen LogP contribution in [0.4, 0.5) is 4.39 Å². The van der Waals surface area contributed by atoms with E-state index in [9.17, 15) is 9.50 Å². The Kier molecular flexibility index (Phi) is 3.82. The third-order valence-corrected chi connectivity index (χ3v) is 3.51. The van der Waals surface area contributed by atoms with Gasteiger partial charge in [-0.05, 0) is 18.2 Å². The van der Waals surface area contributed by atoms with Crippen molar-refractivity contribution in [3.05, 3.63) is 68.9 Å². The molecule has 0 aliphatic rings. The fourth-order valence-electron chi connectivity index (χ4n) is 1.62. The Morgan fingerprint density at radius 1 is 1.12 bits per heavy atom. The summed E-state index contributed by atoms with van der Waals surface area (Å²) in [6.45, 7) is 0. The summed E-state index contributed by atoms with van der Waals surface area (Å²) < 4.78 is 14.2. The summed E-state index contributed by atoms with van der Waals surface area (Å²) in [5, 5.41) is 10.6. The standard InChI is InChI=1S/C13H9BrClFO/c14-9-5-3-7-11(16)12(9)13(17)8-4-1-2-6-10(8)15/h1-7,13,17H. The van der Waals surface area contributed by atoms with Gasteiger partial charge in [-0.25, -0.2) is 4.39 Å². The van der Waals surface area contributed by atoms with Crippen molar-refractivity contribution in [2.24, 2.45) is 0 Å². The Hall–Kier alpha value is -0.900. The van der Waals surface area contributed by atoms with Crippen molar-refractivity contribution in [2.45, 2.75) is 6.10 Å². The molecule has 0 heterocycles. The molecule has 4 heteroatoms. The molecule has 2 rings (SSSR count). The fourth-order valence-corrected chi connectivity index (χ4v) is 2.42. The molecule has 0 aromatic heterocycles. The largest absolute Gasteiger partial charge is 0.383 e. The van der Waals surface area contributed by atoms with Gasteiger partial charge in [0, 0.05) is 20.6 Å². The minimum Gasteiger partial charge on any atom is -0.383 e. The molecule has 0 saturated heterocycles. The maximum Gasteiger partial charge on any atom is 0.130 e. The first-order chi connectivity index (χ1) is 8.11. The summed E-state index contributed by atoms with van der Waals surface area (Å²) in [5.41, 5.74) is 0.681. The number of benzene rings is 2. The molecule has 1 nitrogen and oxygen atoms in total. The van der Waals surface area contributed by atoms with E-state index in [2.05, 4.69) is 15.9 Å². The van der Waals surface area contributed by atoms with Crippen molar-refractivity contribution in [2.75, 3.05) is 0 Å². The molecule has 1 atom stereocenters. The van der Waals surface area contributed by atoms with Crippen LogP contribution in [0.25, 0.3) is 0 Å². The third-order valence-electron chi connectivity index (χ3n) is 2.47. The van der Waals surface area contributed by atoms with Crippen molar-refractivity contribution < 1.29 is 9.50 Å². The topological polar surface area (TPSA) is 20.2 Å². The minimum atomic E-state index is -1.08. The Labute approximate surface area is 112 Å². The van der Waals surface area contributed by atoms with Crippen molar-refractivity contribution >= 4 is 27.5 Å². The van der Waals surface area contributed by atoms with E-state index in [1.165, 1.54) is 6.07 Å². The molecule has 0 saturated carbocycles. The molecule has 0 aliphatic heterocycles. The highest BCUT2D eigenvalue weighted by atomic mass is 79.9. The van der Waals surface area contributed by atoms with Gasteiger partial charge in [0.2, 0.25) is 0 Å². The molecule has 17 heavy (non-hydrogen) atoms. The van der Waals surface area contributed by atoms with E-state index in [1.807, 2.05) is 0 Å². The molecule has 0 amide bonds. The quantitative estimate of drug-likeness (QED) is 0.875. The number of aliphatic hydroxyl groups is 1. The zero-order chi connectivity index (χ0) is 12.4. The molecule has 0 bridgehead atoms. The van der Waals surface area contributed by atoms with E-state index < -0.39 is 11.9 Å². The number of halogens is 3. The minimum absolute atomic E-state index is 0.195. The van der Waals surface area contributed by atoms with Crippen LogP contribution in [-0.2, 0) is 0 Å². The van der Waals surface area contributed by atoms with Gasteiger partial charge >= 0.3 is 0 Å². The van der Waals surface area contributed by atoms with Crippen LogP contribution in [0.1, 0.15) is 17.2 Å². The molecule has 2 aromatic carbocycles. The zero-order valence-corrected chi connectivity index (χ0v) is 11.0. The van der Waals surface area contributed by atoms with Gasteiger partial charge in [-0.3, -0.25) is 0 Å². The van der Waals surface area contributed by atoms with Gasteiger partial charge in [-0.15, -0.1) is 0 Å². The first kappa shape index (κ1) is 12.6. The van der Waals surface area contributed by atoms with E-state index in [-0.39, 0.29) is 5.56 Å². The second-order valence-electron chi connectivity index (χ2n) is 3.56. The van der Waals surface area contributed by atoms with Crippen molar-refractivity contribution in [3.8, 4) is 0 Å². The third kappa shape index (κ3) is 2.51. The molecule has 0 radical (unpaired) electrons. The molecular weight excluding hydrogens is 306 g/mol. The summed E-state index contributed by atoms with van der Waals surface area (Å²) in [7, 11) is 0. The molecule has 1 N–H and O–H groups in total. The second-order valence-corrected chi connectivity index (χ2v) is 4.82. The Bertz CT molecular complexity index is 524. The summed E-state index contributed by atoms with van der Waals surface area (Å²) in [4.78, 5) is 0. The van der Waals surface area contributed by atoms with Crippen LogP contribution in [0.15, 0.2) is 46.9 Å². The number of rotatable bonds is 2. The number of hydrogen-bond acceptors (Lipinski definition) is 1. The highest BCUT2D eigenvalue weighted by Gasteiger charge is 2.19. The highest BCUT2D eigenvalue weighted by Crippen LogP contribution is 2.33. The smallest absolute Gasteiger partial charge is 0.130 e. The van der Waals surface area contributed by atoms with E-state index in [4.69, 9.17) is 11.6 Å². The lowest BCUT2D eigenvalue weighted by Gasteiger charge is -2.15. The van der Waals surface area contributed by atoms with Crippen LogP contribution in [0.2, 0.25) is 5.02 Å². The molecule has 88 valence electrons. The maximum absolute atomic E-state index is 13.7. The lowest BCUT2D eigenvalue weighted by molar-refractivity contribution is 0.214. The molecule has 0 spiro atoms. The van der Waals surface area contributed by atoms with Gasteiger partial charge in [-0.1, -0.05) is 51.8 Å². The SMILES string of the molecule is OC(c1ccccc1Cl)c1c(F)cccc1Br. The van der Waals surface area contributed by atoms with E-state index in [0.717, 1.165) is 0 Å². The van der Waals surface area contributed by atoms with Crippen LogP contribution in [0.5, 0.6) is 0 Å². The summed E-state index contributed by atoms with van der Waals surface area (Å²) >= 11 is 9.20. The average Bonchev–Trinajstić information content (AvgIpc) is 2.29. The summed E-state index contributed by atoms with van der Waals surface area (Å²) in [6, 6.07) is 11.4. The van der Waals surface area contributed by atoms with Crippen LogP contribution in [0, 0.1) is 5.82 Å². The Morgan fingerprint density at radius 3 is 2.47 bits per heavy atom. The van der Waals surface area contributed by atoms with E-state index in [0.29, 0.717) is 15.1 Å². The van der Waals surface area contributed by atoms with E-state index >= 15 is 0 Å². The number of hydrogen-bond donors (Lipinski definition) is 1. The Morgan fingerprint density at radius 2 is 1.82 bits per heavy atom. The predicted molar refractivity (Wildman–Crippen MR) is 69.6 cm³/mol. The second kappa shape index (κ2) is 5.17. The van der Waals surface area contributed by atoms with Gasteiger partial charge in [0.05, 0.1) is 0 Å². The maximum atomic E-state index is 13.7. The van der Waals surface area contributed by atoms with Gasteiger partial charge in [0.15, 0.2) is 0 Å². The van der Waals surface area contributed by atoms with Gasteiger partial charge in [-0.2, -0.15) is 0 Å². The lowest BCUT2D eigenvalue weighted by Crippen LogP contribution is -2.04. The van der Waals surface area contributed by atoms with E-state index in [1.54, 1.807) is 36.4 Å². The van der Waals surface area contributed by atoms with Crippen molar-refractivity contribution in [3.63, 3.8) is 0 Å². The molecule has 2 aromatic rings. The molecule has 0 fully saturated rings. The monoisotopic (exact) mass is 314 g/mol. The fraction of sp³-hybridized carbons (Fsp3) is 0.0769. The molecular formula is C13H9BrClFO. The normalized spacial score (nSPS) is 12.5. The predicted octanol–water partition coefficient (Wildman–Crippen LogP) is 4.32. The Balaban J connectivity index is 2.51. The number of aliphatic hydroxyl groups excluding tert-OH is 1. The van der Waals surface area contributed by atoms with Crippen LogP contribution < -0.4 is 0 Å². The summed E-state index contributed by atoms with van der Waals surface area (Å²) in [5.74, 6) is -0.466. The highest BCUT2D eigenvalue weighted by molar-refractivity contribution is 9.10. The zero-order valence-electron chi connectivity index (χ0n) is 8.70. The van der Waals surface area contributed by atoms with Gasteiger partial charge in [0.25, 0.3) is 0 Å². The van der Waals surface area contributed by atoms with Gasteiger partial charge < -0.3 is 5.11 Å². The van der Waals surface area contributed by atoms with Crippen LogP contribution in [0.3, 0.4) is 0 Å². The molecule has 0 aliphatic carbocycles. The lowest BCUT2D eigenvalue weighted by atomic mass is 10.0. The van der Waals surface area contributed by atoms with Crippen molar-refractivity contribution in [1.82, 2.24) is 0 Å². The average molecular weight is 316 g/mol. The first-order valence-corrected chi connectivity index (χ1v) is 6.14. The van der Waals surface area contributed by atoms with Crippen LogP contribution >= 0.6 is 27.5 Å². The summed E-state index contributed by atoms with van der Waals surface area (Å²) in [6.07, 6.45) is -1.08. The van der Waals surface area contributed by atoms with Gasteiger partial charge in [0.1, 0.15) is 11.9 Å². The molecule has 1 unspecified atom stereocenters. The van der Waals surface area contributed by atoms with Crippen LogP contribution in [-0.4, -0.2) is 5.11 Å².